The minimum atomic E-state index is -1.28. The molecule has 1 atom stereocenters. The number of hydrogen-bond acceptors (Lipinski definition) is 4. The van der Waals surface area contributed by atoms with E-state index in [1.807, 2.05) is 20.8 Å². The topological polar surface area (TPSA) is 61.7 Å². The molecule has 0 aliphatic rings. The quantitative estimate of drug-likeness (QED) is 0.487. The molecule has 5 heteroatoms. The highest BCUT2D eigenvalue weighted by Gasteiger charge is 2.25. The van der Waals surface area contributed by atoms with E-state index in [2.05, 4.69) is 4.40 Å². The number of esters is 1. The molecule has 0 amide bonds. The first-order valence-electron chi connectivity index (χ1n) is 6.47. The van der Waals surface area contributed by atoms with E-state index in [9.17, 15) is 9.35 Å². The third kappa shape index (κ3) is 5.35. The Bertz CT molecular complexity index is 475. The molecule has 1 rings (SSSR count). The van der Waals surface area contributed by atoms with Crippen LogP contribution in [0, 0.1) is 0 Å². The van der Waals surface area contributed by atoms with E-state index in [1.165, 1.54) is 0 Å². The minimum Gasteiger partial charge on any atom is -0.591 e. The van der Waals surface area contributed by atoms with Crippen LogP contribution in [0.1, 0.15) is 50.5 Å². The summed E-state index contributed by atoms with van der Waals surface area (Å²) < 4.78 is 20.5. The van der Waals surface area contributed by atoms with Crippen molar-refractivity contribution in [2.75, 3.05) is 0 Å². The normalized spacial score (nSPS) is 13.8. The summed E-state index contributed by atoms with van der Waals surface area (Å²) in [5.74, 6) is -0.346. The van der Waals surface area contributed by atoms with Gasteiger partial charge in [-0.1, -0.05) is 16.5 Å². The Hall–Kier alpha value is -1.33. The van der Waals surface area contributed by atoms with E-state index in [4.69, 9.17) is 4.74 Å². The molecule has 0 saturated heterocycles. The summed E-state index contributed by atoms with van der Waals surface area (Å²) in [4.78, 5) is 11.7. The Morgan fingerprint density at radius 3 is 2.30 bits per heavy atom. The number of nitrogens with zero attached hydrogens (tertiary/aromatic N) is 1. The predicted molar refractivity (Wildman–Crippen MR) is 82.5 cm³/mol. The van der Waals surface area contributed by atoms with Crippen molar-refractivity contribution in [3.05, 3.63) is 35.4 Å². The molecule has 0 fully saturated rings. The molecule has 0 radical (unpaired) electrons. The van der Waals surface area contributed by atoms with E-state index < -0.39 is 11.4 Å². The first-order valence-corrected chi connectivity index (χ1v) is 7.58. The van der Waals surface area contributed by atoms with Gasteiger partial charge in [0.1, 0.15) is 16.1 Å². The SMILES string of the molecule is CC(C)OC(=O)c1ccc(C=N[S@@+]([O-])C(C)(C)C)cc1. The first kappa shape index (κ1) is 16.7. The van der Waals surface area contributed by atoms with Gasteiger partial charge in [-0.2, -0.15) is 0 Å². The predicted octanol–water partition coefficient (Wildman–Crippen LogP) is 3.13. The lowest BCUT2D eigenvalue weighted by Crippen LogP contribution is -2.25. The smallest absolute Gasteiger partial charge is 0.338 e. The van der Waals surface area contributed by atoms with E-state index >= 15 is 0 Å². The van der Waals surface area contributed by atoms with Crippen molar-refractivity contribution in [2.45, 2.75) is 45.5 Å². The number of ether oxygens (including phenoxy) is 1. The Labute approximate surface area is 123 Å². The summed E-state index contributed by atoms with van der Waals surface area (Å²) in [5, 5.41) is 0. The van der Waals surface area contributed by atoms with Crippen LogP contribution < -0.4 is 0 Å². The Morgan fingerprint density at radius 1 is 1.30 bits per heavy atom. The molecule has 0 aliphatic carbocycles. The molecule has 1 aromatic carbocycles. The average Bonchev–Trinajstić information content (AvgIpc) is 2.34. The lowest BCUT2D eigenvalue weighted by molar-refractivity contribution is 0.0378. The van der Waals surface area contributed by atoms with Crippen LogP contribution in [-0.4, -0.2) is 27.6 Å². The number of carbonyl (C=O) groups excluding carboxylic acids is 1. The van der Waals surface area contributed by atoms with Crippen molar-refractivity contribution in [3.63, 3.8) is 0 Å². The highest BCUT2D eigenvalue weighted by molar-refractivity contribution is 7.91. The maximum atomic E-state index is 11.8. The zero-order valence-electron chi connectivity index (χ0n) is 12.5. The highest BCUT2D eigenvalue weighted by Crippen LogP contribution is 2.17. The molecule has 0 heterocycles. The van der Waals surface area contributed by atoms with Gasteiger partial charge in [0.2, 0.25) is 0 Å². The third-order valence-corrected chi connectivity index (χ3v) is 3.66. The molecule has 0 aromatic heterocycles. The molecule has 0 unspecified atom stereocenters. The second kappa shape index (κ2) is 6.90. The Balaban J connectivity index is 2.72. The van der Waals surface area contributed by atoms with Gasteiger partial charge in [-0.15, -0.1) is 0 Å². The molecule has 0 bridgehead atoms. The van der Waals surface area contributed by atoms with Crippen molar-refractivity contribution in [3.8, 4) is 0 Å². The fourth-order valence-electron chi connectivity index (χ4n) is 1.25. The van der Waals surface area contributed by atoms with E-state index in [1.54, 1.807) is 44.3 Å². The fourth-order valence-corrected chi connectivity index (χ4v) is 1.79. The van der Waals surface area contributed by atoms with Gasteiger partial charge in [0.15, 0.2) is 0 Å². The second-order valence-electron chi connectivity index (χ2n) is 5.67. The van der Waals surface area contributed by atoms with Crippen LogP contribution in [0.5, 0.6) is 0 Å². The number of carbonyl (C=O) groups is 1. The van der Waals surface area contributed by atoms with E-state index in [0.29, 0.717) is 5.56 Å². The fraction of sp³-hybridized carbons (Fsp3) is 0.467. The van der Waals surface area contributed by atoms with Crippen LogP contribution in [0.4, 0.5) is 0 Å². The Morgan fingerprint density at radius 2 is 1.85 bits per heavy atom. The largest absolute Gasteiger partial charge is 0.591 e. The summed E-state index contributed by atoms with van der Waals surface area (Å²) >= 11 is -1.28. The van der Waals surface area contributed by atoms with Crippen LogP contribution in [0.3, 0.4) is 0 Å². The van der Waals surface area contributed by atoms with Gasteiger partial charge in [-0.05, 0) is 52.3 Å². The first-order chi connectivity index (χ1) is 9.20. The highest BCUT2D eigenvalue weighted by atomic mass is 32.2. The number of hydrogen-bond donors (Lipinski definition) is 0. The summed E-state index contributed by atoms with van der Waals surface area (Å²) in [7, 11) is 0. The zero-order chi connectivity index (χ0) is 15.3. The van der Waals surface area contributed by atoms with Gasteiger partial charge in [0, 0.05) is 0 Å². The van der Waals surface area contributed by atoms with Gasteiger partial charge >= 0.3 is 5.97 Å². The number of rotatable bonds is 4. The van der Waals surface area contributed by atoms with Gasteiger partial charge in [0.25, 0.3) is 0 Å². The van der Waals surface area contributed by atoms with Crippen LogP contribution in [0.2, 0.25) is 0 Å². The summed E-state index contributed by atoms with van der Waals surface area (Å²) in [6.07, 6.45) is 1.41. The van der Waals surface area contributed by atoms with Gasteiger partial charge in [-0.3, -0.25) is 0 Å². The lowest BCUT2D eigenvalue weighted by Gasteiger charge is -2.17. The second-order valence-corrected chi connectivity index (χ2v) is 7.61. The molecular weight excluding hydrogens is 274 g/mol. The molecular formula is C15H21NO3S. The molecule has 0 N–H and O–H groups in total. The van der Waals surface area contributed by atoms with Crippen molar-refractivity contribution in [1.82, 2.24) is 0 Å². The summed E-state index contributed by atoms with van der Waals surface area (Å²) in [5.41, 5.74) is 1.29. The molecule has 1 aromatic rings. The molecule has 0 aliphatic heterocycles. The van der Waals surface area contributed by atoms with Crippen molar-refractivity contribution in [1.29, 1.82) is 0 Å². The van der Waals surface area contributed by atoms with Crippen molar-refractivity contribution in [2.24, 2.45) is 4.40 Å². The van der Waals surface area contributed by atoms with E-state index in [-0.39, 0.29) is 16.8 Å². The third-order valence-electron chi connectivity index (χ3n) is 2.31. The van der Waals surface area contributed by atoms with Crippen LogP contribution >= 0.6 is 0 Å². The number of benzene rings is 1. The average molecular weight is 295 g/mol. The molecule has 4 nitrogen and oxygen atoms in total. The standard InChI is InChI=1S/C15H21NO3S/c1-11(2)19-14(17)13-8-6-12(7-9-13)10-16-20(18)15(3,4)5/h6-11H,1-5H3/t20-/m0/s1. The van der Waals surface area contributed by atoms with Crippen molar-refractivity contribution < 1.29 is 14.1 Å². The maximum Gasteiger partial charge on any atom is 0.338 e. The molecule has 20 heavy (non-hydrogen) atoms. The lowest BCUT2D eigenvalue weighted by atomic mass is 10.1. The molecule has 0 spiro atoms. The summed E-state index contributed by atoms with van der Waals surface area (Å²) in [6, 6.07) is 6.85. The van der Waals surface area contributed by atoms with Crippen LogP contribution in [0.25, 0.3) is 0 Å². The zero-order valence-corrected chi connectivity index (χ0v) is 13.4. The summed E-state index contributed by atoms with van der Waals surface area (Å²) in [6.45, 7) is 9.21. The molecule has 0 saturated carbocycles. The maximum absolute atomic E-state index is 11.8. The van der Waals surface area contributed by atoms with Gasteiger partial charge in [0.05, 0.1) is 17.9 Å². The molecule has 110 valence electrons. The monoisotopic (exact) mass is 295 g/mol. The van der Waals surface area contributed by atoms with E-state index in [0.717, 1.165) is 5.56 Å². The minimum absolute atomic E-state index is 0.141. The van der Waals surface area contributed by atoms with Gasteiger partial charge in [-0.25, -0.2) is 4.79 Å². The van der Waals surface area contributed by atoms with Crippen molar-refractivity contribution >= 4 is 23.5 Å². The Kier molecular flexibility index (Phi) is 5.77. The van der Waals surface area contributed by atoms with Gasteiger partial charge < -0.3 is 9.29 Å². The van der Waals surface area contributed by atoms with Crippen LogP contribution in [0.15, 0.2) is 28.7 Å². The van der Waals surface area contributed by atoms with Crippen LogP contribution in [-0.2, 0) is 16.1 Å².